The fourth-order valence-corrected chi connectivity index (χ4v) is 1.88. The van der Waals surface area contributed by atoms with Gasteiger partial charge in [-0.15, -0.1) is 0 Å². The zero-order chi connectivity index (χ0) is 12.5. The minimum Gasteiger partial charge on any atom is -0.397 e. The molecule has 0 aliphatic carbocycles. The minimum absolute atomic E-state index is 0.0520. The normalized spacial score (nSPS) is 11.8. The number of benzene rings is 1. The van der Waals surface area contributed by atoms with Gasteiger partial charge in [-0.05, 0) is 18.2 Å². The molecule has 0 fully saturated rings. The first kappa shape index (κ1) is 13.0. The predicted molar refractivity (Wildman–Crippen MR) is 59.2 cm³/mol. The van der Waals surface area contributed by atoms with Gasteiger partial charge in [0.1, 0.15) is 0 Å². The Kier molecular flexibility index (Phi) is 3.59. The molecule has 0 atom stereocenters. The molecule has 0 saturated carbocycles. The number of alkyl halides is 2. The van der Waals surface area contributed by atoms with Crippen LogP contribution in [0.3, 0.4) is 0 Å². The number of hydrogen-bond donors (Lipinski definition) is 1. The second-order valence-corrected chi connectivity index (χ2v) is 5.35. The second kappa shape index (κ2) is 4.42. The molecule has 1 aromatic rings. The smallest absolute Gasteiger partial charge is 0.355 e. The predicted octanol–water partition coefficient (Wildman–Crippen LogP) is 1.91. The fraction of sp³-hybridized carbons (Fsp3) is 0.250. The van der Waals surface area contributed by atoms with Crippen molar-refractivity contribution in [2.45, 2.75) is 5.76 Å². The Hall–Kier alpha value is -1.08. The zero-order valence-electron chi connectivity index (χ0n) is 8.19. The molecule has 0 aromatic heterocycles. The first-order valence-corrected chi connectivity index (χ1v) is 5.96. The van der Waals surface area contributed by atoms with Crippen LogP contribution in [0.1, 0.15) is 0 Å². The standard InChI is InChI=1S/C8H9ClF2N2O2S/c1-13(16(14,15)8(10)11)7-4-5(9)2-3-6(7)12/h2-4,8H,12H2,1H3. The number of halogens is 3. The summed E-state index contributed by atoms with van der Waals surface area (Å²) in [4.78, 5) is 0. The molecule has 0 saturated heterocycles. The SMILES string of the molecule is CN(c1cc(Cl)ccc1N)S(=O)(=O)C(F)F. The Morgan fingerprint density at radius 3 is 2.50 bits per heavy atom. The van der Waals surface area contributed by atoms with E-state index in [1.807, 2.05) is 0 Å². The molecule has 0 heterocycles. The average molecular weight is 271 g/mol. The van der Waals surface area contributed by atoms with Gasteiger partial charge in [-0.3, -0.25) is 4.31 Å². The van der Waals surface area contributed by atoms with Crippen LogP contribution in [-0.2, 0) is 10.0 Å². The van der Waals surface area contributed by atoms with Crippen molar-refractivity contribution >= 4 is 33.0 Å². The van der Waals surface area contributed by atoms with E-state index < -0.39 is 15.8 Å². The van der Waals surface area contributed by atoms with E-state index in [9.17, 15) is 17.2 Å². The Morgan fingerprint density at radius 1 is 1.44 bits per heavy atom. The molecule has 90 valence electrons. The Balaban J connectivity index is 3.25. The number of hydrogen-bond acceptors (Lipinski definition) is 3. The van der Waals surface area contributed by atoms with Gasteiger partial charge in [0.05, 0.1) is 11.4 Å². The van der Waals surface area contributed by atoms with E-state index in [4.69, 9.17) is 17.3 Å². The average Bonchev–Trinajstić information content (AvgIpc) is 2.20. The van der Waals surface area contributed by atoms with Crippen LogP contribution in [0.5, 0.6) is 0 Å². The van der Waals surface area contributed by atoms with Gasteiger partial charge in [0, 0.05) is 12.1 Å². The van der Waals surface area contributed by atoms with Crippen molar-refractivity contribution in [3.8, 4) is 0 Å². The van der Waals surface area contributed by atoms with Gasteiger partial charge in [-0.2, -0.15) is 8.78 Å². The van der Waals surface area contributed by atoms with Gasteiger partial charge < -0.3 is 5.73 Å². The first-order chi connectivity index (χ1) is 7.26. The molecule has 1 aromatic carbocycles. The summed E-state index contributed by atoms with van der Waals surface area (Å²) in [7, 11) is -3.72. The van der Waals surface area contributed by atoms with E-state index in [2.05, 4.69) is 0 Å². The van der Waals surface area contributed by atoms with Gasteiger partial charge in [0.25, 0.3) is 10.0 Å². The summed E-state index contributed by atoms with van der Waals surface area (Å²) in [5.74, 6) is -3.50. The number of rotatable bonds is 3. The quantitative estimate of drug-likeness (QED) is 0.854. The molecule has 0 spiro atoms. The molecule has 2 N–H and O–H groups in total. The Labute approximate surface area is 96.7 Å². The zero-order valence-corrected chi connectivity index (χ0v) is 9.77. The Morgan fingerprint density at radius 2 is 2.00 bits per heavy atom. The van der Waals surface area contributed by atoms with Crippen LogP contribution in [0.15, 0.2) is 18.2 Å². The lowest BCUT2D eigenvalue weighted by Gasteiger charge is -2.20. The summed E-state index contributed by atoms with van der Waals surface area (Å²) in [5, 5.41) is 0.209. The number of anilines is 2. The van der Waals surface area contributed by atoms with Crippen molar-refractivity contribution in [3.05, 3.63) is 23.2 Å². The fourth-order valence-electron chi connectivity index (χ4n) is 1.05. The molecule has 0 unspecified atom stereocenters. The minimum atomic E-state index is -4.71. The van der Waals surface area contributed by atoms with E-state index in [0.717, 1.165) is 7.05 Å². The topological polar surface area (TPSA) is 63.4 Å². The maximum atomic E-state index is 12.3. The molecule has 8 heteroatoms. The summed E-state index contributed by atoms with van der Waals surface area (Å²) in [6, 6.07) is 3.98. The van der Waals surface area contributed by atoms with Crippen molar-refractivity contribution < 1.29 is 17.2 Å². The molecule has 0 bridgehead atoms. The van der Waals surface area contributed by atoms with E-state index in [1.54, 1.807) is 0 Å². The third-order valence-electron chi connectivity index (χ3n) is 1.94. The van der Waals surface area contributed by atoms with Crippen molar-refractivity contribution in [2.24, 2.45) is 0 Å². The van der Waals surface area contributed by atoms with Gasteiger partial charge in [-0.1, -0.05) is 11.6 Å². The van der Waals surface area contributed by atoms with Gasteiger partial charge in [0.2, 0.25) is 0 Å². The van der Waals surface area contributed by atoms with Crippen molar-refractivity contribution in [1.82, 2.24) is 0 Å². The van der Waals surface area contributed by atoms with Crippen LogP contribution in [0, 0.1) is 0 Å². The van der Waals surface area contributed by atoms with Crippen molar-refractivity contribution in [3.63, 3.8) is 0 Å². The number of nitrogen functional groups attached to an aromatic ring is 1. The maximum Gasteiger partial charge on any atom is 0.355 e. The molecule has 0 amide bonds. The van der Waals surface area contributed by atoms with E-state index in [1.165, 1.54) is 18.2 Å². The van der Waals surface area contributed by atoms with Crippen LogP contribution < -0.4 is 10.0 Å². The van der Waals surface area contributed by atoms with Crippen LogP contribution in [0.4, 0.5) is 20.2 Å². The summed E-state index contributed by atoms with van der Waals surface area (Å²) in [6.07, 6.45) is 0. The third-order valence-corrected chi connectivity index (χ3v) is 3.58. The molecule has 0 aliphatic rings. The first-order valence-electron chi connectivity index (χ1n) is 4.07. The van der Waals surface area contributed by atoms with Crippen molar-refractivity contribution in [1.29, 1.82) is 0 Å². The number of nitrogens with zero attached hydrogens (tertiary/aromatic N) is 1. The third kappa shape index (κ3) is 2.35. The number of nitrogens with two attached hydrogens (primary N) is 1. The van der Waals surface area contributed by atoms with Crippen LogP contribution in [-0.4, -0.2) is 21.2 Å². The van der Waals surface area contributed by atoms with Gasteiger partial charge in [0.15, 0.2) is 0 Å². The lowest BCUT2D eigenvalue weighted by Crippen LogP contribution is -2.32. The summed E-state index contributed by atoms with van der Waals surface area (Å²) < 4.78 is 47.3. The molecular weight excluding hydrogens is 262 g/mol. The van der Waals surface area contributed by atoms with E-state index >= 15 is 0 Å². The van der Waals surface area contributed by atoms with E-state index in [0.29, 0.717) is 4.31 Å². The van der Waals surface area contributed by atoms with Crippen molar-refractivity contribution in [2.75, 3.05) is 17.1 Å². The molecule has 1 rings (SSSR count). The van der Waals surface area contributed by atoms with Crippen LogP contribution in [0.2, 0.25) is 5.02 Å². The van der Waals surface area contributed by atoms with Gasteiger partial charge in [-0.25, -0.2) is 8.42 Å². The largest absolute Gasteiger partial charge is 0.397 e. The lowest BCUT2D eigenvalue weighted by atomic mass is 10.3. The molecular formula is C8H9ClF2N2O2S. The Bertz CT molecular complexity index is 493. The highest BCUT2D eigenvalue weighted by molar-refractivity contribution is 7.93. The lowest BCUT2D eigenvalue weighted by molar-refractivity contribution is 0.234. The highest BCUT2D eigenvalue weighted by atomic mass is 35.5. The molecule has 0 aliphatic heterocycles. The monoisotopic (exact) mass is 270 g/mol. The van der Waals surface area contributed by atoms with Gasteiger partial charge >= 0.3 is 5.76 Å². The summed E-state index contributed by atoms with van der Waals surface area (Å²) >= 11 is 5.63. The van der Waals surface area contributed by atoms with Crippen LogP contribution in [0.25, 0.3) is 0 Å². The van der Waals surface area contributed by atoms with E-state index in [-0.39, 0.29) is 16.4 Å². The molecule has 4 nitrogen and oxygen atoms in total. The second-order valence-electron chi connectivity index (χ2n) is 2.98. The summed E-state index contributed by atoms with van der Waals surface area (Å²) in [6.45, 7) is 0. The van der Waals surface area contributed by atoms with Crippen LogP contribution >= 0.6 is 11.6 Å². The molecule has 0 radical (unpaired) electrons. The highest BCUT2D eigenvalue weighted by Gasteiger charge is 2.30. The summed E-state index contributed by atoms with van der Waals surface area (Å²) in [5.41, 5.74) is 5.45. The molecule has 16 heavy (non-hydrogen) atoms. The maximum absolute atomic E-state index is 12.3. The highest BCUT2D eigenvalue weighted by Crippen LogP contribution is 2.29. The number of sulfonamides is 1.